The summed E-state index contributed by atoms with van der Waals surface area (Å²) in [6.45, 7) is 3.83. The molecule has 2 N–H and O–H groups in total. The normalized spacial score (nSPS) is 12.5. The summed E-state index contributed by atoms with van der Waals surface area (Å²) >= 11 is 3.45. The third-order valence-corrected chi connectivity index (χ3v) is 4.97. The summed E-state index contributed by atoms with van der Waals surface area (Å²) in [6, 6.07) is 13.6. The van der Waals surface area contributed by atoms with E-state index < -0.39 is 0 Å². The molecule has 6 heteroatoms. The Morgan fingerprint density at radius 2 is 2.00 bits per heavy atom. The molecular formula is C20H22BrN3O2. The first-order valence-electron chi connectivity index (χ1n) is 8.61. The number of carbonyl (C=O) groups is 1. The van der Waals surface area contributed by atoms with Crippen molar-refractivity contribution in [3.05, 3.63) is 70.0 Å². The number of amides is 1. The third kappa shape index (κ3) is 4.14. The van der Waals surface area contributed by atoms with E-state index in [-0.39, 0.29) is 24.5 Å². The van der Waals surface area contributed by atoms with E-state index in [1.165, 1.54) is 0 Å². The van der Waals surface area contributed by atoms with Crippen LogP contribution in [0.25, 0.3) is 5.52 Å². The molecule has 0 fully saturated rings. The number of aliphatic hydroxyl groups excluding tert-OH is 1. The molecule has 0 bridgehead atoms. The summed E-state index contributed by atoms with van der Waals surface area (Å²) in [4.78, 5) is 12.6. The van der Waals surface area contributed by atoms with Gasteiger partial charge in [-0.25, -0.2) is 4.52 Å². The Labute approximate surface area is 161 Å². The van der Waals surface area contributed by atoms with E-state index in [9.17, 15) is 9.90 Å². The Morgan fingerprint density at radius 1 is 1.27 bits per heavy atom. The van der Waals surface area contributed by atoms with Crippen LogP contribution >= 0.6 is 15.9 Å². The Balaban J connectivity index is 1.92. The molecule has 1 aromatic carbocycles. The lowest BCUT2D eigenvalue weighted by Gasteiger charge is -2.19. The lowest BCUT2D eigenvalue weighted by atomic mass is 10.0. The number of rotatable bonds is 6. The number of nitrogens with one attached hydrogen (secondary N) is 1. The SMILES string of the molecule is CC(C)C(CO)NC(=O)c1cc(Cc2ccc(Br)cc2)c2cccn2n1. The zero-order valence-corrected chi connectivity index (χ0v) is 16.4. The van der Waals surface area contributed by atoms with Gasteiger partial charge in [-0.2, -0.15) is 5.10 Å². The van der Waals surface area contributed by atoms with Gasteiger partial charge in [0.25, 0.3) is 5.91 Å². The maximum Gasteiger partial charge on any atom is 0.272 e. The predicted octanol–water partition coefficient (Wildman–Crippen LogP) is 3.43. The van der Waals surface area contributed by atoms with Gasteiger partial charge in [0.15, 0.2) is 0 Å². The molecule has 5 nitrogen and oxygen atoms in total. The molecule has 3 rings (SSSR count). The van der Waals surface area contributed by atoms with E-state index in [1.54, 1.807) is 4.52 Å². The van der Waals surface area contributed by atoms with Crippen molar-refractivity contribution < 1.29 is 9.90 Å². The van der Waals surface area contributed by atoms with E-state index in [1.807, 2.05) is 50.4 Å². The molecule has 136 valence electrons. The van der Waals surface area contributed by atoms with Gasteiger partial charge in [-0.1, -0.05) is 41.9 Å². The fourth-order valence-corrected chi connectivity index (χ4v) is 3.10. The van der Waals surface area contributed by atoms with Crippen molar-refractivity contribution in [1.82, 2.24) is 14.9 Å². The molecule has 1 amide bonds. The minimum atomic E-state index is -0.292. The van der Waals surface area contributed by atoms with Gasteiger partial charge < -0.3 is 10.4 Å². The molecule has 1 atom stereocenters. The number of benzene rings is 1. The highest BCUT2D eigenvalue weighted by Crippen LogP contribution is 2.19. The van der Waals surface area contributed by atoms with E-state index in [4.69, 9.17) is 0 Å². The largest absolute Gasteiger partial charge is 0.394 e. The van der Waals surface area contributed by atoms with Gasteiger partial charge in [0.2, 0.25) is 0 Å². The van der Waals surface area contributed by atoms with Crippen molar-refractivity contribution in [3.63, 3.8) is 0 Å². The first kappa shape index (κ1) is 18.6. The number of carbonyl (C=O) groups excluding carboxylic acids is 1. The number of aliphatic hydroxyl groups is 1. The molecule has 1 unspecified atom stereocenters. The molecule has 0 aliphatic rings. The Bertz CT molecular complexity index is 903. The monoisotopic (exact) mass is 415 g/mol. The molecule has 0 aliphatic heterocycles. The van der Waals surface area contributed by atoms with Crippen molar-refractivity contribution in [2.24, 2.45) is 5.92 Å². The highest BCUT2D eigenvalue weighted by Gasteiger charge is 2.18. The van der Waals surface area contributed by atoms with Crippen molar-refractivity contribution >= 4 is 27.4 Å². The van der Waals surface area contributed by atoms with Crippen LogP contribution in [0.4, 0.5) is 0 Å². The Hall–Kier alpha value is -2.18. The molecule has 0 saturated carbocycles. The minimum absolute atomic E-state index is 0.0963. The summed E-state index contributed by atoms with van der Waals surface area (Å²) in [5.74, 6) is -0.132. The van der Waals surface area contributed by atoms with Crippen LogP contribution in [0, 0.1) is 5.92 Å². The molecule has 0 saturated heterocycles. The molecule has 0 spiro atoms. The quantitative estimate of drug-likeness (QED) is 0.647. The van der Waals surface area contributed by atoms with E-state index >= 15 is 0 Å². The maximum absolute atomic E-state index is 12.6. The average molecular weight is 416 g/mol. The smallest absolute Gasteiger partial charge is 0.272 e. The third-order valence-electron chi connectivity index (χ3n) is 4.44. The first-order chi connectivity index (χ1) is 12.5. The van der Waals surface area contributed by atoms with Gasteiger partial charge >= 0.3 is 0 Å². The van der Waals surface area contributed by atoms with Crippen molar-refractivity contribution in [2.75, 3.05) is 6.61 Å². The molecular weight excluding hydrogens is 394 g/mol. The second kappa shape index (κ2) is 8.01. The van der Waals surface area contributed by atoms with E-state index in [0.717, 1.165) is 21.1 Å². The average Bonchev–Trinajstić information content (AvgIpc) is 3.10. The summed E-state index contributed by atoms with van der Waals surface area (Å²) in [5, 5.41) is 16.7. The van der Waals surface area contributed by atoms with Gasteiger partial charge in [-0.05, 0) is 53.8 Å². The van der Waals surface area contributed by atoms with Crippen LogP contribution in [0.1, 0.15) is 35.5 Å². The van der Waals surface area contributed by atoms with Gasteiger partial charge in [0.05, 0.1) is 18.2 Å². The van der Waals surface area contributed by atoms with Crippen LogP contribution in [0.5, 0.6) is 0 Å². The lowest BCUT2D eigenvalue weighted by molar-refractivity contribution is 0.0890. The zero-order chi connectivity index (χ0) is 18.7. The van der Waals surface area contributed by atoms with Gasteiger partial charge in [-0.3, -0.25) is 4.79 Å². The van der Waals surface area contributed by atoms with E-state index in [0.29, 0.717) is 12.1 Å². The van der Waals surface area contributed by atoms with Crippen molar-refractivity contribution in [2.45, 2.75) is 26.3 Å². The molecule has 2 aromatic heterocycles. The molecule has 0 radical (unpaired) electrons. The van der Waals surface area contributed by atoms with Gasteiger partial charge in [0, 0.05) is 10.7 Å². The first-order valence-corrected chi connectivity index (χ1v) is 9.40. The fraction of sp³-hybridized carbons (Fsp3) is 0.300. The lowest BCUT2D eigenvalue weighted by Crippen LogP contribution is -2.41. The van der Waals surface area contributed by atoms with Crippen molar-refractivity contribution in [3.8, 4) is 0 Å². The van der Waals surface area contributed by atoms with Crippen LogP contribution in [0.2, 0.25) is 0 Å². The maximum atomic E-state index is 12.6. The molecule has 3 aromatic rings. The molecule has 2 heterocycles. The number of hydrogen-bond donors (Lipinski definition) is 2. The summed E-state index contributed by atoms with van der Waals surface area (Å²) in [5.41, 5.74) is 3.51. The van der Waals surface area contributed by atoms with Crippen LogP contribution in [0.3, 0.4) is 0 Å². The van der Waals surface area contributed by atoms with Gasteiger partial charge in [0.1, 0.15) is 5.69 Å². The highest BCUT2D eigenvalue weighted by molar-refractivity contribution is 9.10. The van der Waals surface area contributed by atoms with Crippen LogP contribution in [-0.4, -0.2) is 33.3 Å². The molecule has 26 heavy (non-hydrogen) atoms. The molecule has 0 aliphatic carbocycles. The van der Waals surface area contributed by atoms with Crippen molar-refractivity contribution in [1.29, 1.82) is 0 Å². The van der Waals surface area contributed by atoms with Crippen LogP contribution in [-0.2, 0) is 6.42 Å². The fourth-order valence-electron chi connectivity index (χ4n) is 2.84. The second-order valence-corrected chi connectivity index (χ2v) is 7.62. The summed E-state index contributed by atoms with van der Waals surface area (Å²) in [7, 11) is 0. The number of hydrogen-bond acceptors (Lipinski definition) is 3. The minimum Gasteiger partial charge on any atom is -0.394 e. The summed E-state index contributed by atoms with van der Waals surface area (Å²) < 4.78 is 2.76. The second-order valence-electron chi connectivity index (χ2n) is 6.70. The van der Waals surface area contributed by atoms with Crippen LogP contribution in [0.15, 0.2) is 53.1 Å². The van der Waals surface area contributed by atoms with E-state index in [2.05, 4.69) is 38.5 Å². The van der Waals surface area contributed by atoms with Crippen LogP contribution < -0.4 is 5.32 Å². The number of nitrogens with zero attached hydrogens (tertiary/aromatic N) is 2. The predicted molar refractivity (Wildman–Crippen MR) is 105 cm³/mol. The Morgan fingerprint density at radius 3 is 2.65 bits per heavy atom. The number of aromatic nitrogens is 2. The standard InChI is InChI=1S/C20H22BrN3O2/c1-13(2)18(12-25)22-20(26)17-11-15(19-4-3-9-24(19)23-17)10-14-5-7-16(21)8-6-14/h3-9,11,13,18,25H,10,12H2,1-2H3,(H,22,26). The topological polar surface area (TPSA) is 66.6 Å². The number of halogens is 1. The Kier molecular flexibility index (Phi) is 5.74. The highest BCUT2D eigenvalue weighted by atomic mass is 79.9. The van der Waals surface area contributed by atoms with Gasteiger partial charge in [-0.15, -0.1) is 0 Å². The zero-order valence-electron chi connectivity index (χ0n) is 14.8. The summed E-state index contributed by atoms with van der Waals surface area (Å²) in [6.07, 6.45) is 2.54. The number of fused-ring (bicyclic) bond motifs is 1.